The molecule has 2 heterocycles. The zero-order valence-corrected chi connectivity index (χ0v) is 13.4. The minimum absolute atomic E-state index is 0.0868. The van der Waals surface area contributed by atoms with Crippen molar-refractivity contribution in [1.82, 2.24) is 4.98 Å². The van der Waals surface area contributed by atoms with Gasteiger partial charge in [0.05, 0.1) is 15.9 Å². The van der Waals surface area contributed by atoms with Crippen molar-refractivity contribution in [3.63, 3.8) is 0 Å². The molecule has 5 heteroatoms. The molecule has 0 saturated heterocycles. The summed E-state index contributed by atoms with van der Waals surface area (Å²) in [5.74, 6) is 0.690. The highest BCUT2D eigenvalue weighted by atomic mass is 35.5. The van der Waals surface area contributed by atoms with E-state index < -0.39 is 0 Å². The zero-order valence-electron chi connectivity index (χ0n) is 11.8. The van der Waals surface area contributed by atoms with Gasteiger partial charge >= 0.3 is 0 Å². The lowest BCUT2D eigenvalue weighted by atomic mass is 9.95. The molecule has 1 aliphatic carbocycles. The highest BCUT2D eigenvalue weighted by Gasteiger charge is 2.17. The average molecular weight is 318 g/mol. The molecule has 0 aromatic carbocycles. The van der Waals surface area contributed by atoms with E-state index in [4.69, 9.17) is 16.6 Å². The van der Waals surface area contributed by atoms with Crippen LogP contribution in [0.2, 0.25) is 4.34 Å². The van der Waals surface area contributed by atoms with Gasteiger partial charge in [-0.1, -0.05) is 11.6 Å². The molecule has 2 aromatic rings. The maximum Gasteiger partial charge on any atom is 0.144 e. The molecule has 1 aliphatic rings. The van der Waals surface area contributed by atoms with Crippen molar-refractivity contribution in [2.45, 2.75) is 38.6 Å². The first kappa shape index (κ1) is 14.4. The van der Waals surface area contributed by atoms with Crippen LogP contribution < -0.4 is 5.32 Å². The first-order valence-corrected chi connectivity index (χ1v) is 8.31. The molecular formula is C16H16ClN3S. The van der Waals surface area contributed by atoms with Crippen LogP contribution in [0, 0.1) is 11.3 Å². The number of aromatic nitrogens is 1. The number of halogens is 1. The van der Waals surface area contributed by atoms with Crippen LogP contribution in [-0.2, 0) is 12.8 Å². The normalized spacial score (nSPS) is 15.1. The minimum Gasteiger partial charge on any atom is -0.362 e. The van der Waals surface area contributed by atoms with Crippen LogP contribution in [0.25, 0.3) is 0 Å². The molecule has 1 unspecified atom stereocenters. The zero-order chi connectivity index (χ0) is 14.8. The van der Waals surface area contributed by atoms with Gasteiger partial charge in [0.15, 0.2) is 0 Å². The molecular weight excluding hydrogens is 302 g/mol. The number of hydrogen-bond donors (Lipinski definition) is 1. The van der Waals surface area contributed by atoms with Crippen molar-refractivity contribution >= 4 is 28.8 Å². The van der Waals surface area contributed by atoms with Gasteiger partial charge in [-0.15, -0.1) is 11.3 Å². The summed E-state index contributed by atoms with van der Waals surface area (Å²) in [6, 6.07) is 8.25. The topological polar surface area (TPSA) is 48.7 Å². The number of fused-ring (bicyclic) bond motifs is 1. The molecule has 1 atom stereocenters. The summed E-state index contributed by atoms with van der Waals surface area (Å²) in [6.07, 6.45) is 4.42. The highest BCUT2D eigenvalue weighted by Crippen LogP contribution is 2.30. The van der Waals surface area contributed by atoms with Crippen LogP contribution in [0.15, 0.2) is 18.2 Å². The van der Waals surface area contributed by atoms with Gasteiger partial charge in [-0.3, -0.25) is 0 Å². The van der Waals surface area contributed by atoms with Gasteiger partial charge in [0.25, 0.3) is 0 Å². The molecule has 0 bridgehead atoms. The number of aryl methyl sites for hydroxylation is 2. The first-order chi connectivity index (χ1) is 10.2. The van der Waals surface area contributed by atoms with Gasteiger partial charge < -0.3 is 5.32 Å². The molecule has 0 fully saturated rings. The van der Waals surface area contributed by atoms with E-state index in [2.05, 4.69) is 18.3 Å². The molecule has 2 aromatic heterocycles. The molecule has 0 saturated carbocycles. The summed E-state index contributed by atoms with van der Waals surface area (Å²) < 4.78 is 0.776. The fourth-order valence-electron chi connectivity index (χ4n) is 2.67. The van der Waals surface area contributed by atoms with E-state index in [1.807, 2.05) is 18.2 Å². The summed E-state index contributed by atoms with van der Waals surface area (Å²) in [5.41, 5.74) is 3.00. The van der Waals surface area contributed by atoms with Crippen LogP contribution in [0.5, 0.6) is 0 Å². The highest BCUT2D eigenvalue weighted by molar-refractivity contribution is 7.16. The molecule has 0 spiro atoms. The summed E-state index contributed by atoms with van der Waals surface area (Å²) in [5, 5.41) is 12.7. The number of nitriles is 1. The number of hydrogen-bond acceptors (Lipinski definition) is 4. The summed E-state index contributed by atoms with van der Waals surface area (Å²) >= 11 is 7.53. The Morgan fingerprint density at radius 2 is 2.19 bits per heavy atom. The monoisotopic (exact) mass is 317 g/mol. The van der Waals surface area contributed by atoms with E-state index in [1.54, 1.807) is 11.3 Å². The fourth-order valence-corrected chi connectivity index (χ4v) is 3.73. The second-order valence-corrected chi connectivity index (χ2v) is 7.06. The van der Waals surface area contributed by atoms with E-state index in [1.165, 1.54) is 18.4 Å². The Kier molecular flexibility index (Phi) is 4.14. The van der Waals surface area contributed by atoms with Crippen LogP contribution in [-0.4, -0.2) is 4.98 Å². The van der Waals surface area contributed by atoms with Crippen LogP contribution in [0.1, 0.15) is 47.5 Å². The van der Waals surface area contributed by atoms with E-state index in [0.717, 1.165) is 27.7 Å². The van der Waals surface area contributed by atoms with Crippen molar-refractivity contribution in [1.29, 1.82) is 5.26 Å². The Morgan fingerprint density at radius 3 is 2.90 bits per heavy atom. The van der Waals surface area contributed by atoms with Crippen molar-refractivity contribution in [2.24, 2.45) is 0 Å². The predicted molar refractivity (Wildman–Crippen MR) is 87.0 cm³/mol. The molecule has 3 rings (SSSR count). The maximum absolute atomic E-state index is 9.36. The smallest absolute Gasteiger partial charge is 0.144 e. The second kappa shape index (κ2) is 6.05. The van der Waals surface area contributed by atoms with Crippen molar-refractivity contribution in [3.05, 3.63) is 44.2 Å². The lowest BCUT2D eigenvalue weighted by molar-refractivity contribution is 0.667. The Labute approximate surface area is 133 Å². The van der Waals surface area contributed by atoms with Crippen LogP contribution in [0.4, 0.5) is 5.82 Å². The van der Waals surface area contributed by atoms with E-state index in [0.29, 0.717) is 11.4 Å². The second-order valence-electron chi connectivity index (χ2n) is 5.32. The fraction of sp³-hybridized carbons (Fsp3) is 0.375. The molecule has 1 N–H and O–H groups in total. The Bertz CT molecular complexity index is 702. The van der Waals surface area contributed by atoms with Gasteiger partial charge in [0, 0.05) is 10.6 Å². The molecule has 0 aliphatic heterocycles. The van der Waals surface area contributed by atoms with E-state index in [9.17, 15) is 5.26 Å². The van der Waals surface area contributed by atoms with E-state index >= 15 is 0 Å². The number of thiophene rings is 1. The van der Waals surface area contributed by atoms with Crippen molar-refractivity contribution in [3.8, 4) is 6.07 Å². The van der Waals surface area contributed by atoms with Gasteiger partial charge in [0.2, 0.25) is 0 Å². The third kappa shape index (κ3) is 3.04. The quantitative estimate of drug-likeness (QED) is 0.891. The summed E-state index contributed by atoms with van der Waals surface area (Å²) in [4.78, 5) is 5.84. The largest absolute Gasteiger partial charge is 0.362 e. The number of nitrogens with one attached hydrogen (secondary N) is 1. The van der Waals surface area contributed by atoms with Gasteiger partial charge in [0.1, 0.15) is 11.9 Å². The van der Waals surface area contributed by atoms with Gasteiger partial charge in [-0.05, 0) is 56.4 Å². The molecule has 21 heavy (non-hydrogen) atoms. The molecule has 0 radical (unpaired) electrons. The van der Waals surface area contributed by atoms with Gasteiger partial charge in [-0.2, -0.15) is 5.26 Å². The predicted octanol–water partition coefficient (Wildman–Crippen LogP) is 4.72. The summed E-state index contributed by atoms with van der Waals surface area (Å²) in [6.45, 7) is 2.06. The minimum atomic E-state index is 0.0868. The third-order valence-electron chi connectivity index (χ3n) is 3.80. The number of anilines is 1. The SMILES string of the molecule is CC(Nc1nc2c(cc1C#N)CCCC2)c1ccc(Cl)s1. The maximum atomic E-state index is 9.36. The number of nitrogens with zero attached hydrogens (tertiary/aromatic N) is 2. The van der Waals surface area contributed by atoms with Gasteiger partial charge in [-0.25, -0.2) is 4.98 Å². The Balaban J connectivity index is 1.89. The summed E-state index contributed by atoms with van der Waals surface area (Å²) in [7, 11) is 0. The van der Waals surface area contributed by atoms with E-state index in [-0.39, 0.29) is 6.04 Å². The lowest BCUT2D eigenvalue weighted by Crippen LogP contribution is -2.12. The molecule has 3 nitrogen and oxygen atoms in total. The standard InChI is InChI=1S/C16H16ClN3S/c1-10(14-6-7-15(17)21-14)19-16-12(9-18)8-11-4-2-3-5-13(11)20-16/h6-8,10H,2-5H2,1H3,(H,19,20). The van der Waals surface area contributed by atoms with Crippen molar-refractivity contribution in [2.75, 3.05) is 5.32 Å². The van der Waals surface area contributed by atoms with Crippen LogP contribution >= 0.6 is 22.9 Å². The number of pyridine rings is 1. The lowest BCUT2D eigenvalue weighted by Gasteiger charge is -2.19. The average Bonchev–Trinajstić information content (AvgIpc) is 2.93. The first-order valence-electron chi connectivity index (χ1n) is 7.12. The molecule has 108 valence electrons. The third-order valence-corrected chi connectivity index (χ3v) is 5.21. The Hall–Kier alpha value is -1.57. The number of rotatable bonds is 3. The Morgan fingerprint density at radius 1 is 1.38 bits per heavy atom. The van der Waals surface area contributed by atoms with Crippen LogP contribution in [0.3, 0.4) is 0 Å². The van der Waals surface area contributed by atoms with Crippen molar-refractivity contribution < 1.29 is 0 Å². The molecule has 0 amide bonds.